The van der Waals surface area contributed by atoms with Crippen LogP contribution in [0.2, 0.25) is 0 Å². The van der Waals surface area contributed by atoms with Crippen molar-refractivity contribution in [3.63, 3.8) is 0 Å². The van der Waals surface area contributed by atoms with Crippen molar-refractivity contribution in [1.29, 1.82) is 5.26 Å². The standard InChI is InChI=1S/C29H41BN4O6/c1-20-17-33(18-21(2)40-20)28(3,4)15-23(16-31)26(35)34-24-10-12-29(34,13-11-24)19-39-27(36)32-25(30(37)38)14-22-8-6-5-7-9-22/h5-9,15,20-21,24-25,37-38H,10-14,17-19H2,1-4H3,(H,32,36)/t20-,21+,24?,25-,29?/m0/s1. The Hall–Kier alpha value is -2.91. The van der Waals surface area contributed by atoms with Crippen LogP contribution < -0.4 is 5.32 Å². The molecule has 0 saturated carbocycles. The van der Waals surface area contributed by atoms with E-state index < -0.39 is 30.2 Å². The van der Waals surface area contributed by atoms with Crippen LogP contribution in [0.4, 0.5) is 4.79 Å². The smallest absolute Gasteiger partial charge is 0.447 e. The highest BCUT2D eigenvalue weighted by molar-refractivity contribution is 6.43. The molecule has 1 aromatic rings. The second-order valence-electron chi connectivity index (χ2n) is 12.0. The predicted octanol–water partition coefficient (Wildman–Crippen LogP) is 2.20. The van der Waals surface area contributed by atoms with E-state index in [1.807, 2.05) is 58.0 Å². The number of nitriles is 1. The molecule has 0 spiro atoms. The van der Waals surface area contributed by atoms with Gasteiger partial charge in [-0.2, -0.15) is 5.26 Å². The summed E-state index contributed by atoms with van der Waals surface area (Å²) in [6.45, 7) is 9.43. The van der Waals surface area contributed by atoms with Gasteiger partial charge in [-0.05, 0) is 71.4 Å². The lowest BCUT2D eigenvalue weighted by Gasteiger charge is -2.44. The molecule has 1 aromatic carbocycles. The largest absolute Gasteiger partial charge is 0.475 e. The van der Waals surface area contributed by atoms with Crippen molar-refractivity contribution in [2.75, 3.05) is 19.7 Å². The first-order valence-electron chi connectivity index (χ1n) is 14.1. The lowest BCUT2D eigenvalue weighted by molar-refractivity contribution is -0.132. The number of hydrogen-bond donors (Lipinski definition) is 3. The predicted molar refractivity (Wildman–Crippen MR) is 150 cm³/mol. The summed E-state index contributed by atoms with van der Waals surface area (Å²) in [6.07, 6.45) is 4.22. The second kappa shape index (κ2) is 12.3. The highest BCUT2D eigenvalue weighted by atomic mass is 16.6. The van der Waals surface area contributed by atoms with Gasteiger partial charge in [-0.25, -0.2) is 4.79 Å². The maximum atomic E-state index is 13.8. The number of ether oxygens (including phenoxy) is 2. The summed E-state index contributed by atoms with van der Waals surface area (Å²) in [7, 11) is -1.77. The fraction of sp³-hybridized carbons (Fsp3) is 0.621. The molecule has 3 fully saturated rings. The minimum Gasteiger partial charge on any atom is -0.447 e. The van der Waals surface area contributed by atoms with Crippen LogP contribution in [0.15, 0.2) is 42.0 Å². The number of carbonyl (C=O) groups is 2. The van der Waals surface area contributed by atoms with Crippen LogP contribution in [0, 0.1) is 11.3 Å². The van der Waals surface area contributed by atoms with E-state index in [2.05, 4.69) is 16.3 Å². The summed E-state index contributed by atoms with van der Waals surface area (Å²) < 4.78 is 11.4. The number of amides is 2. The summed E-state index contributed by atoms with van der Waals surface area (Å²) in [5.74, 6) is -1.28. The van der Waals surface area contributed by atoms with Gasteiger partial charge in [-0.1, -0.05) is 30.3 Å². The molecular formula is C29H41BN4O6. The second-order valence-corrected chi connectivity index (χ2v) is 12.0. The van der Waals surface area contributed by atoms with Gasteiger partial charge in [0.1, 0.15) is 18.2 Å². The van der Waals surface area contributed by atoms with Crippen LogP contribution in [0.3, 0.4) is 0 Å². The quantitative estimate of drug-likeness (QED) is 0.241. The number of alkyl carbamates (subject to hydrolysis) is 1. The van der Waals surface area contributed by atoms with E-state index in [1.165, 1.54) is 0 Å². The van der Waals surface area contributed by atoms with Crippen molar-refractivity contribution >= 4 is 19.1 Å². The maximum Gasteiger partial charge on any atom is 0.475 e. The molecule has 3 aliphatic heterocycles. The van der Waals surface area contributed by atoms with Gasteiger partial charge in [0.15, 0.2) is 0 Å². The van der Waals surface area contributed by atoms with E-state index in [1.54, 1.807) is 11.0 Å². The van der Waals surface area contributed by atoms with Crippen molar-refractivity contribution in [3.8, 4) is 6.07 Å². The summed E-state index contributed by atoms with van der Waals surface area (Å²) in [6, 6.07) is 11.3. The number of nitrogens with zero attached hydrogens (tertiary/aromatic N) is 3. The topological polar surface area (TPSA) is 135 Å². The van der Waals surface area contributed by atoms with Crippen LogP contribution in [-0.4, -0.2) is 93.9 Å². The van der Waals surface area contributed by atoms with E-state index in [0.717, 1.165) is 18.4 Å². The number of hydrogen-bond acceptors (Lipinski definition) is 8. The number of fused-ring (bicyclic) bond motifs is 2. The van der Waals surface area contributed by atoms with Gasteiger partial charge < -0.3 is 29.7 Å². The molecule has 2 bridgehead atoms. The Morgan fingerprint density at radius 1 is 1.23 bits per heavy atom. The fourth-order valence-electron chi connectivity index (χ4n) is 6.48. The lowest BCUT2D eigenvalue weighted by atomic mass is 9.76. The van der Waals surface area contributed by atoms with E-state index in [0.29, 0.717) is 25.9 Å². The molecule has 11 heteroatoms. The third kappa shape index (κ3) is 6.69. The third-order valence-electron chi connectivity index (χ3n) is 8.50. The molecule has 0 unspecified atom stereocenters. The number of carbonyl (C=O) groups excluding carboxylic acids is 2. The van der Waals surface area contributed by atoms with Crippen molar-refractivity contribution < 1.29 is 29.1 Å². The van der Waals surface area contributed by atoms with E-state index in [4.69, 9.17) is 9.47 Å². The van der Waals surface area contributed by atoms with Crippen LogP contribution in [0.1, 0.15) is 58.9 Å². The Morgan fingerprint density at radius 2 is 1.85 bits per heavy atom. The fourth-order valence-corrected chi connectivity index (χ4v) is 6.48. The molecule has 216 valence electrons. The molecule has 3 N–H and O–H groups in total. The number of rotatable bonds is 9. The van der Waals surface area contributed by atoms with Gasteiger partial charge in [0.2, 0.25) is 0 Å². The molecule has 3 atom stereocenters. The molecule has 0 aliphatic carbocycles. The van der Waals surface area contributed by atoms with Crippen molar-refractivity contribution in [3.05, 3.63) is 47.5 Å². The van der Waals surface area contributed by atoms with Gasteiger partial charge in [0, 0.05) is 24.7 Å². The Morgan fingerprint density at radius 3 is 2.42 bits per heavy atom. The van der Waals surface area contributed by atoms with E-state index in [-0.39, 0.29) is 42.8 Å². The van der Waals surface area contributed by atoms with Gasteiger partial charge in [0.25, 0.3) is 5.91 Å². The highest BCUT2D eigenvalue weighted by Gasteiger charge is 2.55. The number of nitrogens with one attached hydrogen (secondary N) is 1. The Labute approximate surface area is 237 Å². The van der Waals surface area contributed by atoms with Crippen molar-refractivity contribution in [1.82, 2.24) is 15.1 Å². The van der Waals surface area contributed by atoms with Gasteiger partial charge in [-0.15, -0.1) is 0 Å². The first-order chi connectivity index (χ1) is 18.9. The molecule has 3 saturated heterocycles. The maximum absolute atomic E-state index is 13.8. The number of benzene rings is 1. The molecule has 0 radical (unpaired) electrons. The van der Waals surface area contributed by atoms with Gasteiger partial charge in [-0.3, -0.25) is 9.69 Å². The Bertz CT molecular complexity index is 1120. The molecular weight excluding hydrogens is 511 g/mol. The summed E-state index contributed by atoms with van der Waals surface area (Å²) in [5.41, 5.74) is -0.293. The molecule has 3 aliphatic rings. The first kappa shape index (κ1) is 30.1. The zero-order valence-corrected chi connectivity index (χ0v) is 23.9. The first-order valence-corrected chi connectivity index (χ1v) is 14.1. The zero-order chi connectivity index (χ0) is 29.1. The van der Waals surface area contributed by atoms with Gasteiger partial charge >= 0.3 is 13.2 Å². The molecule has 4 rings (SSSR count). The Balaban J connectivity index is 1.43. The number of morpholine rings is 1. The molecule has 40 heavy (non-hydrogen) atoms. The monoisotopic (exact) mass is 552 g/mol. The molecule has 2 amide bonds. The van der Waals surface area contributed by atoms with E-state index >= 15 is 0 Å². The summed E-state index contributed by atoms with van der Waals surface area (Å²) >= 11 is 0. The average Bonchev–Trinajstić information content (AvgIpc) is 3.45. The zero-order valence-electron chi connectivity index (χ0n) is 23.9. The van der Waals surface area contributed by atoms with Crippen LogP contribution in [-0.2, 0) is 20.7 Å². The average molecular weight is 552 g/mol. The minimum absolute atomic E-state index is 0.00690. The SMILES string of the molecule is C[C@@H]1CN(C(C)(C)C=C(C#N)C(=O)N2C3CCC2(COC(=O)N[C@@H](Cc2ccccc2)B(O)O)CC3)C[C@H](C)O1. The normalized spacial score (nSPS) is 27.7. The summed E-state index contributed by atoms with van der Waals surface area (Å²) in [5, 5.41) is 32.2. The Kier molecular flexibility index (Phi) is 9.25. The van der Waals surface area contributed by atoms with Crippen molar-refractivity contribution in [2.24, 2.45) is 0 Å². The van der Waals surface area contributed by atoms with Crippen molar-refractivity contribution in [2.45, 2.75) is 95.1 Å². The lowest BCUT2D eigenvalue weighted by Crippen LogP contribution is -2.54. The van der Waals surface area contributed by atoms with Crippen LogP contribution in [0.25, 0.3) is 0 Å². The molecule has 3 heterocycles. The van der Waals surface area contributed by atoms with Crippen LogP contribution in [0.5, 0.6) is 0 Å². The van der Waals surface area contributed by atoms with E-state index in [9.17, 15) is 24.9 Å². The highest BCUT2D eigenvalue weighted by Crippen LogP contribution is 2.47. The van der Waals surface area contributed by atoms with Crippen LogP contribution >= 0.6 is 0 Å². The molecule has 10 nitrogen and oxygen atoms in total. The molecule has 0 aromatic heterocycles. The minimum atomic E-state index is -1.77. The summed E-state index contributed by atoms with van der Waals surface area (Å²) in [4.78, 5) is 30.5. The third-order valence-corrected chi connectivity index (χ3v) is 8.50. The van der Waals surface area contributed by atoms with Gasteiger partial charge in [0.05, 0.1) is 23.7 Å².